The Labute approximate surface area is 43.0 Å². The third-order valence-corrected chi connectivity index (χ3v) is 1.06. The Morgan fingerprint density at radius 2 is 2.29 bits per heavy atom. The minimum atomic E-state index is 0.123. The second kappa shape index (κ2) is 1.51. The molecule has 0 aromatic carbocycles. The van der Waals surface area contributed by atoms with E-state index in [1.807, 2.05) is 12.2 Å². The predicted molar refractivity (Wildman–Crippen MR) is 28.9 cm³/mol. The third-order valence-electron chi connectivity index (χ3n) is 1.06. The fourth-order valence-corrected chi connectivity index (χ4v) is 0.433. The summed E-state index contributed by atoms with van der Waals surface area (Å²) in [5.74, 6) is 0.421. The van der Waals surface area contributed by atoms with Gasteiger partial charge in [0.15, 0.2) is 0 Å². The largest absolute Gasteiger partial charge is 0.392 e. The highest BCUT2D eigenvalue weighted by Crippen LogP contribution is 2.22. The number of aliphatic hydroxyl groups is 1. The highest BCUT2D eigenvalue weighted by Gasteiger charge is 2.12. The van der Waals surface area contributed by atoms with Crippen molar-refractivity contribution in [3.63, 3.8) is 0 Å². The maximum Gasteiger partial charge on any atom is 0.0647 e. The topological polar surface area (TPSA) is 20.2 Å². The van der Waals surface area contributed by atoms with Crippen LogP contribution in [0.15, 0.2) is 24.3 Å². The van der Waals surface area contributed by atoms with Gasteiger partial charge >= 0.3 is 0 Å². The number of hydrogen-bond acceptors (Lipinski definition) is 1. The van der Waals surface area contributed by atoms with Crippen molar-refractivity contribution in [3.8, 4) is 0 Å². The molecule has 1 aliphatic rings. The first kappa shape index (κ1) is 4.60. The van der Waals surface area contributed by atoms with Crippen LogP contribution in [-0.4, -0.2) is 11.7 Å². The van der Waals surface area contributed by atoms with E-state index in [1.165, 1.54) is 0 Å². The molecule has 1 heteroatoms. The Morgan fingerprint density at radius 3 is 2.43 bits per heavy atom. The van der Waals surface area contributed by atoms with E-state index in [-0.39, 0.29) is 6.61 Å². The van der Waals surface area contributed by atoms with Crippen molar-refractivity contribution < 1.29 is 5.11 Å². The molecule has 0 aromatic heterocycles. The van der Waals surface area contributed by atoms with E-state index in [4.69, 9.17) is 5.11 Å². The molecule has 7 heavy (non-hydrogen) atoms. The molecule has 0 saturated carbocycles. The monoisotopic (exact) mass is 96.1 g/mol. The summed E-state index contributed by atoms with van der Waals surface area (Å²) in [4.78, 5) is 0. The van der Waals surface area contributed by atoms with Crippen LogP contribution in [0, 0.1) is 5.92 Å². The molecule has 0 radical (unpaired) electrons. The van der Waals surface area contributed by atoms with E-state index in [9.17, 15) is 0 Å². The Balaban J connectivity index is 2.26. The van der Waals surface area contributed by atoms with Gasteiger partial charge in [0.05, 0.1) is 6.61 Å². The van der Waals surface area contributed by atoms with E-state index in [2.05, 4.69) is 6.58 Å². The van der Waals surface area contributed by atoms with Crippen molar-refractivity contribution >= 4 is 0 Å². The molecule has 0 amide bonds. The molecular formula is C6H8O. The molecule has 1 rings (SSSR count). The number of hydrogen-bond donors (Lipinski definition) is 1. The molecule has 0 atom stereocenters. The van der Waals surface area contributed by atoms with E-state index >= 15 is 0 Å². The van der Waals surface area contributed by atoms with Crippen LogP contribution in [0.1, 0.15) is 0 Å². The fraction of sp³-hybridized carbons (Fsp3) is 0.333. The second-order valence-electron chi connectivity index (χ2n) is 1.73. The summed E-state index contributed by atoms with van der Waals surface area (Å²) in [5, 5.41) is 8.41. The zero-order valence-corrected chi connectivity index (χ0v) is 4.09. The molecule has 1 aliphatic carbocycles. The van der Waals surface area contributed by atoms with Crippen LogP contribution >= 0.6 is 0 Å². The van der Waals surface area contributed by atoms with E-state index in [0.29, 0.717) is 5.92 Å². The molecule has 0 unspecified atom stereocenters. The molecule has 0 saturated heterocycles. The van der Waals surface area contributed by atoms with Gasteiger partial charge in [0.2, 0.25) is 0 Å². The van der Waals surface area contributed by atoms with Crippen molar-refractivity contribution in [3.05, 3.63) is 24.3 Å². The minimum Gasteiger partial charge on any atom is -0.392 e. The molecule has 0 fully saturated rings. The zero-order chi connectivity index (χ0) is 5.28. The molecule has 0 aliphatic heterocycles. The van der Waals surface area contributed by atoms with Gasteiger partial charge < -0.3 is 5.11 Å². The number of rotatable bonds is 2. The van der Waals surface area contributed by atoms with E-state index < -0.39 is 0 Å². The predicted octanol–water partition coefficient (Wildman–Crippen LogP) is 0.721. The zero-order valence-electron chi connectivity index (χ0n) is 4.09. The molecule has 0 bridgehead atoms. The first-order valence-corrected chi connectivity index (χ1v) is 2.31. The molecule has 1 N–H and O–H groups in total. The summed E-state index contributed by atoms with van der Waals surface area (Å²) >= 11 is 0. The molecule has 38 valence electrons. The van der Waals surface area contributed by atoms with Crippen molar-refractivity contribution in [2.75, 3.05) is 6.61 Å². The Hall–Kier alpha value is -0.560. The first-order valence-electron chi connectivity index (χ1n) is 2.31. The maximum atomic E-state index is 8.41. The van der Waals surface area contributed by atoms with Crippen molar-refractivity contribution in [2.45, 2.75) is 0 Å². The smallest absolute Gasteiger partial charge is 0.0647 e. The highest BCUT2D eigenvalue weighted by atomic mass is 16.3. The summed E-state index contributed by atoms with van der Waals surface area (Å²) in [6, 6.07) is 0. The van der Waals surface area contributed by atoms with Crippen LogP contribution in [0.2, 0.25) is 0 Å². The van der Waals surface area contributed by atoms with Crippen LogP contribution in [0.3, 0.4) is 0 Å². The summed E-state index contributed by atoms with van der Waals surface area (Å²) in [5.41, 5.74) is 0.903. The quantitative estimate of drug-likeness (QED) is 0.502. The normalized spacial score (nSPS) is 17.3. The van der Waals surface area contributed by atoms with Gasteiger partial charge in [0.25, 0.3) is 0 Å². The molecule has 0 spiro atoms. The first-order chi connectivity index (χ1) is 3.34. The number of allylic oxidation sites excluding steroid dienone is 2. The lowest BCUT2D eigenvalue weighted by atomic mass is 10.2. The van der Waals surface area contributed by atoms with Gasteiger partial charge in [-0.25, -0.2) is 0 Å². The van der Waals surface area contributed by atoms with Crippen LogP contribution < -0.4 is 0 Å². The van der Waals surface area contributed by atoms with Gasteiger partial charge in [-0.15, -0.1) is 0 Å². The lowest BCUT2D eigenvalue weighted by Crippen LogP contribution is -1.89. The Kier molecular flexibility index (Phi) is 0.988. The standard InChI is InChI=1S/C6H8O/c1-5(4-7)6-2-3-6/h2-3,6-7H,1,4H2. The SMILES string of the molecule is C=C(CO)C1C=C1. The van der Waals surface area contributed by atoms with Crippen LogP contribution in [0.4, 0.5) is 0 Å². The van der Waals surface area contributed by atoms with Crippen molar-refractivity contribution in [1.29, 1.82) is 0 Å². The lowest BCUT2D eigenvalue weighted by molar-refractivity contribution is 0.327. The molecule has 0 heterocycles. The second-order valence-corrected chi connectivity index (χ2v) is 1.73. The average Bonchev–Trinajstić information content (AvgIpc) is 2.44. The van der Waals surface area contributed by atoms with Crippen LogP contribution in [-0.2, 0) is 0 Å². The van der Waals surface area contributed by atoms with E-state index in [1.54, 1.807) is 0 Å². The van der Waals surface area contributed by atoms with Gasteiger partial charge in [0, 0.05) is 5.92 Å². The Bertz CT molecular complexity index is 107. The highest BCUT2D eigenvalue weighted by molar-refractivity contribution is 5.28. The van der Waals surface area contributed by atoms with Gasteiger partial charge in [0.1, 0.15) is 0 Å². The van der Waals surface area contributed by atoms with Crippen molar-refractivity contribution in [1.82, 2.24) is 0 Å². The number of aliphatic hydroxyl groups excluding tert-OH is 1. The Morgan fingerprint density at radius 1 is 1.71 bits per heavy atom. The van der Waals surface area contributed by atoms with Gasteiger partial charge in [-0.2, -0.15) is 0 Å². The summed E-state index contributed by atoms with van der Waals surface area (Å²) in [7, 11) is 0. The minimum absolute atomic E-state index is 0.123. The van der Waals surface area contributed by atoms with Crippen LogP contribution in [0.25, 0.3) is 0 Å². The molecular weight excluding hydrogens is 88.1 g/mol. The van der Waals surface area contributed by atoms with Gasteiger partial charge in [-0.1, -0.05) is 18.7 Å². The summed E-state index contributed by atoms with van der Waals surface area (Å²) in [6.07, 6.45) is 4.02. The molecule has 1 nitrogen and oxygen atoms in total. The maximum absolute atomic E-state index is 8.41. The lowest BCUT2D eigenvalue weighted by Gasteiger charge is -1.92. The van der Waals surface area contributed by atoms with Crippen molar-refractivity contribution in [2.24, 2.45) is 5.92 Å². The average molecular weight is 96.1 g/mol. The van der Waals surface area contributed by atoms with E-state index in [0.717, 1.165) is 5.57 Å². The van der Waals surface area contributed by atoms with Crippen LogP contribution in [0.5, 0.6) is 0 Å². The van der Waals surface area contributed by atoms with Gasteiger partial charge in [-0.3, -0.25) is 0 Å². The molecule has 0 aromatic rings. The van der Waals surface area contributed by atoms with Gasteiger partial charge in [-0.05, 0) is 5.57 Å². The third kappa shape index (κ3) is 0.904. The fourth-order valence-electron chi connectivity index (χ4n) is 0.433. The summed E-state index contributed by atoms with van der Waals surface area (Å²) < 4.78 is 0. The summed E-state index contributed by atoms with van der Waals surface area (Å²) in [6.45, 7) is 3.75.